The first-order chi connectivity index (χ1) is 14.5. The number of nitrogens with one attached hydrogen (secondary N) is 1. The van der Waals surface area contributed by atoms with E-state index in [4.69, 9.17) is 15.0 Å². The van der Waals surface area contributed by atoms with Crippen LogP contribution in [0.3, 0.4) is 0 Å². The molecule has 0 saturated carbocycles. The van der Waals surface area contributed by atoms with Gasteiger partial charge in [-0.2, -0.15) is 0 Å². The summed E-state index contributed by atoms with van der Waals surface area (Å²) in [5.74, 6) is -0.299. The van der Waals surface area contributed by atoms with Gasteiger partial charge in [-0.15, -0.1) is 0 Å². The molecule has 6 nitrogen and oxygen atoms in total. The van der Waals surface area contributed by atoms with Gasteiger partial charge < -0.3 is 20.4 Å². The van der Waals surface area contributed by atoms with E-state index in [1.54, 1.807) is 24.3 Å². The van der Waals surface area contributed by atoms with Crippen LogP contribution >= 0.6 is 0 Å². The lowest BCUT2D eigenvalue weighted by Gasteiger charge is -2.32. The van der Waals surface area contributed by atoms with E-state index in [0.29, 0.717) is 16.8 Å². The molecule has 162 valence electrons. The normalized spacial score (nSPS) is 17.5. The van der Waals surface area contributed by atoms with Crippen LogP contribution < -0.4 is 11.1 Å². The van der Waals surface area contributed by atoms with Crippen molar-refractivity contribution in [3.63, 3.8) is 0 Å². The van der Waals surface area contributed by atoms with Crippen LogP contribution in [0, 0.1) is 0 Å². The number of benzene rings is 2. The second-order valence-corrected chi connectivity index (χ2v) is 8.76. The molecule has 1 fully saturated rings. The molecule has 1 aliphatic rings. The summed E-state index contributed by atoms with van der Waals surface area (Å²) in [7, 11) is -0.623. The van der Waals surface area contributed by atoms with Gasteiger partial charge in [-0.1, -0.05) is 42.5 Å². The molecule has 0 atom stereocenters. The van der Waals surface area contributed by atoms with E-state index in [0.717, 1.165) is 11.0 Å². The van der Waals surface area contributed by atoms with Gasteiger partial charge in [0, 0.05) is 30.3 Å². The summed E-state index contributed by atoms with van der Waals surface area (Å²) in [4.78, 5) is 24.5. The molecule has 0 radical (unpaired) electrons. The first-order valence-corrected chi connectivity index (χ1v) is 10.3. The summed E-state index contributed by atoms with van der Waals surface area (Å²) in [5.41, 5.74) is 7.99. The predicted octanol–water partition coefficient (Wildman–Crippen LogP) is 3.65. The van der Waals surface area contributed by atoms with E-state index in [-0.39, 0.29) is 18.2 Å². The Balaban J connectivity index is 1.97. The van der Waals surface area contributed by atoms with Crippen molar-refractivity contribution in [2.75, 3.05) is 12.3 Å². The Hall–Kier alpha value is -2.90. The van der Waals surface area contributed by atoms with E-state index in [9.17, 15) is 9.59 Å². The van der Waals surface area contributed by atoms with E-state index < -0.39 is 18.3 Å². The fraction of sp³-hybridized carbons (Fsp3) is 0.333. The smallest absolute Gasteiger partial charge is 0.400 e. The zero-order chi connectivity index (χ0) is 22.8. The molecule has 0 spiro atoms. The highest BCUT2D eigenvalue weighted by molar-refractivity contribution is 6.56. The summed E-state index contributed by atoms with van der Waals surface area (Å²) in [6.45, 7) is 9.62. The molecular weight excluding hydrogens is 391 g/mol. The summed E-state index contributed by atoms with van der Waals surface area (Å²) in [5, 5.41) is 2.81. The molecule has 1 amide bonds. The van der Waals surface area contributed by atoms with Gasteiger partial charge >= 0.3 is 7.12 Å². The van der Waals surface area contributed by atoms with Crippen molar-refractivity contribution >= 4 is 30.6 Å². The maximum atomic E-state index is 12.9. The fourth-order valence-corrected chi connectivity index (χ4v) is 3.24. The van der Waals surface area contributed by atoms with Crippen molar-refractivity contribution in [3.8, 4) is 0 Å². The number of amides is 1. The van der Waals surface area contributed by atoms with Gasteiger partial charge in [0.2, 0.25) is 5.91 Å². The number of hydrogen-bond donors (Lipinski definition) is 2. The molecule has 2 aromatic rings. The highest BCUT2D eigenvalue weighted by Gasteiger charge is 2.52. The molecule has 0 aromatic heterocycles. The SMILES string of the molecule is CC(=O)NCC(=Cc1ccc(N)c(C(=O)c2ccccc2)c1)B1OC(C)(C)C(C)(C)O1. The topological polar surface area (TPSA) is 90.7 Å². The Morgan fingerprint density at radius 1 is 1.03 bits per heavy atom. The van der Waals surface area contributed by atoms with Crippen LogP contribution in [-0.4, -0.2) is 36.6 Å². The zero-order valence-electron chi connectivity index (χ0n) is 18.7. The number of carbonyl (C=O) groups is 2. The van der Waals surface area contributed by atoms with Crippen LogP contribution in [0.2, 0.25) is 0 Å². The van der Waals surface area contributed by atoms with Crippen LogP contribution in [0.4, 0.5) is 5.69 Å². The first kappa shape index (κ1) is 22.8. The van der Waals surface area contributed by atoms with Gasteiger partial charge in [-0.05, 0) is 50.9 Å². The molecule has 2 aromatic carbocycles. The maximum absolute atomic E-state index is 12.9. The standard InChI is InChI=1S/C24H29BN2O4/c1-16(28)27-15-19(25-30-23(2,3)24(4,5)31-25)13-17-11-12-21(26)20(14-17)22(29)18-9-7-6-8-10-18/h6-14H,15,26H2,1-5H3,(H,27,28). The van der Waals surface area contributed by atoms with Crippen LogP contribution in [0.1, 0.15) is 56.1 Å². The van der Waals surface area contributed by atoms with Crippen molar-refractivity contribution in [2.45, 2.75) is 45.8 Å². The quantitative estimate of drug-likeness (QED) is 0.423. The van der Waals surface area contributed by atoms with Crippen molar-refractivity contribution in [2.24, 2.45) is 0 Å². The van der Waals surface area contributed by atoms with E-state index >= 15 is 0 Å². The lowest BCUT2D eigenvalue weighted by atomic mass is 9.76. The van der Waals surface area contributed by atoms with Crippen LogP contribution in [-0.2, 0) is 14.1 Å². The van der Waals surface area contributed by atoms with E-state index in [2.05, 4.69) is 5.32 Å². The fourth-order valence-electron chi connectivity index (χ4n) is 3.24. The monoisotopic (exact) mass is 420 g/mol. The minimum absolute atomic E-state index is 0.146. The lowest BCUT2D eigenvalue weighted by Crippen LogP contribution is -2.41. The number of ketones is 1. The number of hydrogen-bond acceptors (Lipinski definition) is 5. The molecule has 1 heterocycles. The third kappa shape index (κ3) is 5.06. The maximum Gasteiger partial charge on any atom is 0.492 e. The van der Waals surface area contributed by atoms with Gasteiger partial charge in [-0.3, -0.25) is 9.59 Å². The van der Waals surface area contributed by atoms with Gasteiger partial charge in [0.1, 0.15) is 0 Å². The third-order valence-electron chi connectivity index (χ3n) is 5.81. The minimum Gasteiger partial charge on any atom is -0.400 e. The number of rotatable bonds is 6. The Bertz CT molecular complexity index is 999. The summed E-state index contributed by atoms with van der Waals surface area (Å²) in [6.07, 6.45) is 1.87. The second-order valence-electron chi connectivity index (χ2n) is 8.76. The van der Waals surface area contributed by atoms with Crippen LogP contribution in [0.5, 0.6) is 0 Å². The molecule has 0 unspecified atom stereocenters. The van der Waals surface area contributed by atoms with Gasteiger partial charge in [0.15, 0.2) is 5.78 Å². The van der Waals surface area contributed by atoms with Crippen molar-refractivity contribution < 1.29 is 18.9 Å². The summed E-state index contributed by atoms with van der Waals surface area (Å²) >= 11 is 0. The second kappa shape index (κ2) is 8.69. The van der Waals surface area contributed by atoms with Crippen LogP contribution in [0.15, 0.2) is 54.0 Å². The molecule has 1 saturated heterocycles. The summed E-state index contributed by atoms with van der Waals surface area (Å²) < 4.78 is 12.3. The average molecular weight is 420 g/mol. The Kier molecular flexibility index (Phi) is 6.39. The number of nitrogen functional groups attached to an aromatic ring is 1. The van der Waals surface area contributed by atoms with Gasteiger partial charge in [0.05, 0.1) is 11.2 Å². The minimum atomic E-state index is -0.623. The molecule has 1 aliphatic heterocycles. The van der Waals surface area contributed by atoms with Crippen LogP contribution in [0.25, 0.3) is 6.08 Å². The molecule has 31 heavy (non-hydrogen) atoms. The largest absolute Gasteiger partial charge is 0.492 e. The zero-order valence-corrected chi connectivity index (χ0v) is 18.7. The molecule has 0 bridgehead atoms. The third-order valence-corrected chi connectivity index (χ3v) is 5.81. The van der Waals surface area contributed by atoms with Gasteiger partial charge in [-0.25, -0.2) is 0 Å². The Labute approximate surface area is 184 Å². The van der Waals surface area contributed by atoms with Crippen molar-refractivity contribution in [3.05, 3.63) is 70.7 Å². The van der Waals surface area contributed by atoms with Gasteiger partial charge in [0.25, 0.3) is 0 Å². The van der Waals surface area contributed by atoms with E-state index in [1.807, 2.05) is 58.0 Å². The number of anilines is 1. The molecule has 3 N–H and O–H groups in total. The highest BCUT2D eigenvalue weighted by Crippen LogP contribution is 2.38. The molecule has 3 rings (SSSR count). The molecule has 7 heteroatoms. The van der Waals surface area contributed by atoms with Crippen molar-refractivity contribution in [1.29, 1.82) is 0 Å². The Morgan fingerprint density at radius 3 is 2.23 bits per heavy atom. The highest BCUT2D eigenvalue weighted by atomic mass is 16.7. The number of carbonyl (C=O) groups excluding carboxylic acids is 2. The Morgan fingerprint density at radius 2 is 1.65 bits per heavy atom. The van der Waals surface area contributed by atoms with Crippen molar-refractivity contribution in [1.82, 2.24) is 5.32 Å². The average Bonchev–Trinajstić information content (AvgIpc) is 2.93. The molecule has 0 aliphatic carbocycles. The first-order valence-electron chi connectivity index (χ1n) is 10.3. The molecular formula is C24H29BN2O4. The predicted molar refractivity (Wildman–Crippen MR) is 123 cm³/mol. The number of nitrogens with two attached hydrogens (primary N) is 1. The van der Waals surface area contributed by atoms with E-state index in [1.165, 1.54) is 6.92 Å². The summed E-state index contributed by atoms with van der Waals surface area (Å²) in [6, 6.07) is 14.3. The lowest BCUT2D eigenvalue weighted by molar-refractivity contribution is -0.118.